The highest BCUT2D eigenvalue weighted by molar-refractivity contribution is 5.36. The van der Waals surface area contributed by atoms with Gasteiger partial charge >= 0.3 is 0 Å². The first kappa shape index (κ1) is 8.28. The smallest absolute Gasteiger partial charge is 0.00492 e. The molecule has 1 aromatic carbocycles. The van der Waals surface area contributed by atoms with Crippen LogP contribution in [-0.4, -0.2) is 0 Å². The molecule has 3 rings (SSSR count). The first-order valence-electron chi connectivity index (χ1n) is 5.69. The van der Waals surface area contributed by atoms with Crippen molar-refractivity contribution in [3.63, 3.8) is 0 Å². The number of allylic oxidation sites excluding steroid dienone is 2. The Morgan fingerprint density at radius 3 is 3.00 bits per heavy atom. The quantitative estimate of drug-likeness (QED) is 0.539. The largest absolute Gasteiger partial charge is 0.0879 e. The van der Waals surface area contributed by atoms with Crippen LogP contribution in [0.2, 0.25) is 0 Å². The fourth-order valence-corrected chi connectivity index (χ4v) is 3.00. The van der Waals surface area contributed by atoms with Gasteiger partial charge in [0, 0.05) is 5.92 Å². The van der Waals surface area contributed by atoms with Crippen LogP contribution in [-0.2, 0) is 6.42 Å². The Morgan fingerprint density at radius 2 is 2.00 bits per heavy atom. The van der Waals surface area contributed by atoms with E-state index in [0.29, 0.717) is 0 Å². The minimum absolute atomic E-state index is 0.730. The minimum atomic E-state index is 0.730. The summed E-state index contributed by atoms with van der Waals surface area (Å²) in [5, 5.41) is 0. The molecule has 2 aliphatic rings. The van der Waals surface area contributed by atoms with Crippen LogP contribution in [0, 0.1) is 5.92 Å². The lowest BCUT2D eigenvalue weighted by Crippen LogP contribution is -2.21. The summed E-state index contributed by atoms with van der Waals surface area (Å²) in [5.41, 5.74) is 3.18. The van der Waals surface area contributed by atoms with Crippen molar-refractivity contribution in [3.8, 4) is 0 Å². The molecular formula is C14H16. The number of hydrogen-bond donors (Lipinski definition) is 0. The van der Waals surface area contributed by atoms with Crippen molar-refractivity contribution in [2.24, 2.45) is 5.92 Å². The molecule has 0 radical (unpaired) electrons. The molecule has 72 valence electrons. The predicted octanol–water partition coefficient (Wildman–Crippen LogP) is 3.68. The Labute approximate surface area is 85.6 Å². The van der Waals surface area contributed by atoms with Gasteiger partial charge in [-0.25, -0.2) is 0 Å². The maximum Gasteiger partial charge on any atom is 0.00492 e. The van der Waals surface area contributed by atoms with E-state index in [0.717, 1.165) is 11.8 Å². The number of aryl methyl sites for hydroxylation is 1. The van der Waals surface area contributed by atoms with Gasteiger partial charge in [0.1, 0.15) is 0 Å². The summed E-state index contributed by atoms with van der Waals surface area (Å²) in [4.78, 5) is 0. The Bertz CT molecular complexity index is 362. The van der Waals surface area contributed by atoms with E-state index < -0.39 is 0 Å². The van der Waals surface area contributed by atoms with Crippen LogP contribution in [0.25, 0.3) is 0 Å². The van der Waals surface area contributed by atoms with Crippen LogP contribution in [0.1, 0.15) is 36.3 Å². The molecule has 0 heterocycles. The fraction of sp³-hybridized carbons (Fsp3) is 0.429. The van der Waals surface area contributed by atoms with Crippen LogP contribution in [0.4, 0.5) is 0 Å². The van der Waals surface area contributed by atoms with Gasteiger partial charge in [-0.2, -0.15) is 0 Å². The third kappa shape index (κ3) is 1.21. The second kappa shape index (κ2) is 3.27. The van der Waals surface area contributed by atoms with Gasteiger partial charge in [0.25, 0.3) is 0 Å². The molecule has 1 aromatic rings. The van der Waals surface area contributed by atoms with Crippen LogP contribution >= 0.6 is 0 Å². The third-order valence-corrected chi connectivity index (χ3v) is 3.75. The zero-order valence-corrected chi connectivity index (χ0v) is 8.45. The van der Waals surface area contributed by atoms with E-state index in [-0.39, 0.29) is 0 Å². The van der Waals surface area contributed by atoms with E-state index >= 15 is 0 Å². The van der Waals surface area contributed by atoms with Gasteiger partial charge < -0.3 is 0 Å². The van der Waals surface area contributed by atoms with Gasteiger partial charge in [-0.3, -0.25) is 0 Å². The molecule has 0 amide bonds. The van der Waals surface area contributed by atoms with E-state index in [9.17, 15) is 0 Å². The fourth-order valence-electron chi connectivity index (χ4n) is 3.00. The lowest BCUT2D eigenvalue weighted by molar-refractivity contribution is 0.379. The van der Waals surface area contributed by atoms with Gasteiger partial charge in [-0.1, -0.05) is 36.4 Å². The topological polar surface area (TPSA) is 0 Å². The summed E-state index contributed by atoms with van der Waals surface area (Å²) in [7, 11) is 0. The average molecular weight is 184 g/mol. The molecule has 0 nitrogen and oxygen atoms in total. The normalized spacial score (nSPS) is 29.4. The van der Waals surface area contributed by atoms with E-state index in [1.807, 2.05) is 0 Å². The first-order valence-corrected chi connectivity index (χ1v) is 5.69. The highest BCUT2D eigenvalue weighted by Crippen LogP contribution is 2.41. The lowest BCUT2D eigenvalue weighted by Gasteiger charge is -2.34. The molecule has 0 saturated carbocycles. The highest BCUT2D eigenvalue weighted by Gasteiger charge is 2.28. The standard InChI is InChI=1S/C14H16/c1-3-7-13-11(5-1)9-10-12-6-2-4-8-14(12)13/h1,3-5,7-8,12,14H,2,6,9-10H2. The lowest BCUT2D eigenvalue weighted by atomic mass is 9.71. The first-order chi connectivity index (χ1) is 6.95. The van der Waals surface area contributed by atoms with Crippen LogP contribution < -0.4 is 0 Å². The third-order valence-electron chi connectivity index (χ3n) is 3.75. The SMILES string of the molecule is C1=CC2c3ccccc3CCC2CC1. The summed E-state index contributed by atoms with van der Waals surface area (Å²) < 4.78 is 0. The average Bonchev–Trinajstić information content (AvgIpc) is 2.29. The molecule has 0 saturated heterocycles. The summed E-state index contributed by atoms with van der Waals surface area (Å²) in [6.45, 7) is 0. The van der Waals surface area contributed by atoms with E-state index in [2.05, 4.69) is 36.4 Å². The summed E-state index contributed by atoms with van der Waals surface area (Å²) in [6.07, 6.45) is 10.2. The van der Waals surface area contributed by atoms with Crippen molar-refractivity contribution in [2.45, 2.75) is 31.6 Å². The van der Waals surface area contributed by atoms with Crippen molar-refractivity contribution in [1.82, 2.24) is 0 Å². The zero-order valence-electron chi connectivity index (χ0n) is 8.45. The Morgan fingerprint density at radius 1 is 1.07 bits per heavy atom. The molecule has 0 bridgehead atoms. The second-order valence-electron chi connectivity index (χ2n) is 4.53. The van der Waals surface area contributed by atoms with Gasteiger partial charge in [0.05, 0.1) is 0 Å². The van der Waals surface area contributed by atoms with E-state index in [1.165, 1.54) is 25.7 Å². The monoisotopic (exact) mass is 184 g/mol. The maximum absolute atomic E-state index is 2.44. The van der Waals surface area contributed by atoms with Crippen molar-refractivity contribution in [2.75, 3.05) is 0 Å². The number of benzene rings is 1. The zero-order chi connectivity index (χ0) is 9.38. The van der Waals surface area contributed by atoms with Crippen molar-refractivity contribution >= 4 is 0 Å². The van der Waals surface area contributed by atoms with Crippen LogP contribution in [0.3, 0.4) is 0 Å². The maximum atomic E-state index is 2.44. The Hall–Kier alpha value is -1.04. The molecule has 2 atom stereocenters. The summed E-state index contributed by atoms with van der Waals surface area (Å²) >= 11 is 0. The molecular weight excluding hydrogens is 168 g/mol. The molecule has 2 aliphatic carbocycles. The van der Waals surface area contributed by atoms with Crippen LogP contribution in [0.15, 0.2) is 36.4 Å². The second-order valence-corrected chi connectivity index (χ2v) is 4.53. The van der Waals surface area contributed by atoms with Gasteiger partial charge in [0.2, 0.25) is 0 Å². The van der Waals surface area contributed by atoms with Crippen molar-refractivity contribution in [1.29, 1.82) is 0 Å². The molecule has 0 aliphatic heterocycles. The van der Waals surface area contributed by atoms with Crippen LogP contribution in [0.5, 0.6) is 0 Å². The Kier molecular flexibility index (Phi) is 1.93. The van der Waals surface area contributed by atoms with Crippen molar-refractivity contribution in [3.05, 3.63) is 47.5 Å². The van der Waals surface area contributed by atoms with Gasteiger partial charge in [-0.05, 0) is 42.7 Å². The van der Waals surface area contributed by atoms with E-state index in [1.54, 1.807) is 11.1 Å². The predicted molar refractivity (Wildman–Crippen MR) is 59.4 cm³/mol. The molecule has 0 heteroatoms. The number of hydrogen-bond acceptors (Lipinski definition) is 0. The van der Waals surface area contributed by atoms with Crippen molar-refractivity contribution < 1.29 is 0 Å². The molecule has 2 unspecified atom stereocenters. The molecule has 0 aromatic heterocycles. The molecule has 14 heavy (non-hydrogen) atoms. The summed E-state index contributed by atoms with van der Waals surface area (Å²) in [6, 6.07) is 8.98. The van der Waals surface area contributed by atoms with Gasteiger partial charge in [-0.15, -0.1) is 0 Å². The number of rotatable bonds is 0. The van der Waals surface area contributed by atoms with Gasteiger partial charge in [0.15, 0.2) is 0 Å². The minimum Gasteiger partial charge on any atom is -0.0879 e. The summed E-state index contributed by atoms with van der Waals surface area (Å²) in [5.74, 6) is 1.66. The molecule has 0 fully saturated rings. The molecule has 0 spiro atoms. The number of fused-ring (bicyclic) bond motifs is 3. The van der Waals surface area contributed by atoms with E-state index in [4.69, 9.17) is 0 Å². The molecule has 0 N–H and O–H groups in total. The highest BCUT2D eigenvalue weighted by atomic mass is 14.3. The Balaban J connectivity index is 2.07.